The van der Waals surface area contributed by atoms with Crippen LogP contribution in [0.15, 0.2) is 12.1 Å². The molecule has 1 aliphatic carbocycles. The van der Waals surface area contributed by atoms with E-state index in [1.165, 1.54) is 4.90 Å². The van der Waals surface area contributed by atoms with Gasteiger partial charge in [0.25, 0.3) is 5.91 Å². The zero-order chi connectivity index (χ0) is 17.5. The van der Waals surface area contributed by atoms with Gasteiger partial charge < -0.3 is 14.7 Å². The highest BCUT2D eigenvalue weighted by Crippen LogP contribution is 2.51. The van der Waals surface area contributed by atoms with Crippen molar-refractivity contribution in [1.29, 1.82) is 0 Å². The molecular formula is C17H20F3NO3. The zero-order valence-electron chi connectivity index (χ0n) is 13.4. The van der Waals surface area contributed by atoms with Crippen molar-refractivity contribution >= 4 is 5.91 Å². The molecule has 1 spiro atoms. The van der Waals surface area contributed by atoms with Crippen LogP contribution in [0.2, 0.25) is 0 Å². The first kappa shape index (κ1) is 17.2. The summed E-state index contributed by atoms with van der Waals surface area (Å²) in [7, 11) is 0. The van der Waals surface area contributed by atoms with Crippen LogP contribution in [0.25, 0.3) is 0 Å². The largest absolute Gasteiger partial charge is 0.392 e. The Morgan fingerprint density at radius 2 is 1.88 bits per heavy atom. The summed E-state index contributed by atoms with van der Waals surface area (Å²) in [4.78, 5) is 13.9. The molecule has 0 radical (unpaired) electrons. The van der Waals surface area contributed by atoms with E-state index in [4.69, 9.17) is 4.74 Å². The van der Waals surface area contributed by atoms with Crippen molar-refractivity contribution < 1.29 is 27.8 Å². The molecule has 1 amide bonds. The van der Waals surface area contributed by atoms with Gasteiger partial charge >= 0.3 is 0 Å². The Morgan fingerprint density at radius 3 is 2.38 bits per heavy atom. The standard InChI is InChI=1S/C17H20F3NO3/c1-2-24-14-9-13(22)17(14)3-5-21(6-4-17)16(23)10-7-11(18)15(20)12(19)8-10/h7-8,13-14,22H,2-6,9H2,1H3. The smallest absolute Gasteiger partial charge is 0.254 e. The molecule has 0 aromatic heterocycles. The topological polar surface area (TPSA) is 49.8 Å². The predicted molar refractivity (Wildman–Crippen MR) is 79.9 cm³/mol. The number of likely N-dealkylation sites (tertiary alicyclic amines) is 1. The number of hydrogen-bond donors (Lipinski definition) is 1. The molecule has 1 heterocycles. The van der Waals surface area contributed by atoms with E-state index in [-0.39, 0.29) is 17.1 Å². The Hall–Kier alpha value is -1.60. The highest BCUT2D eigenvalue weighted by molar-refractivity contribution is 5.94. The third kappa shape index (κ3) is 2.69. The summed E-state index contributed by atoms with van der Waals surface area (Å²) in [5, 5.41) is 10.1. The Bertz CT molecular complexity index is 619. The zero-order valence-corrected chi connectivity index (χ0v) is 13.4. The molecule has 1 N–H and O–H groups in total. The van der Waals surface area contributed by atoms with Crippen LogP contribution in [-0.4, -0.2) is 47.8 Å². The average molecular weight is 343 g/mol. The number of hydrogen-bond acceptors (Lipinski definition) is 3. The minimum atomic E-state index is -1.58. The molecule has 7 heteroatoms. The number of aliphatic hydroxyl groups excluding tert-OH is 1. The summed E-state index contributed by atoms with van der Waals surface area (Å²) in [5.41, 5.74) is -0.551. The van der Waals surface area contributed by atoms with E-state index < -0.39 is 29.5 Å². The summed E-state index contributed by atoms with van der Waals surface area (Å²) < 4.78 is 45.3. The monoisotopic (exact) mass is 343 g/mol. The van der Waals surface area contributed by atoms with Crippen LogP contribution in [0.5, 0.6) is 0 Å². The summed E-state index contributed by atoms with van der Waals surface area (Å²) >= 11 is 0. The van der Waals surface area contributed by atoms with Gasteiger partial charge in [0, 0.05) is 37.1 Å². The highest BCUT2D eigenvalue weighted by Gasteiger charge is 2.56. The molecule has 1 saturated heterocycles. The van der Waals surface area contributed by atoms with E-state index in [2.05, 4.69) is 0 Å². The number of aliphatic hydroxyl groups is 1. The van der Waals surface area contributed by atoms with Gasteiger partial charge in [-0.3, -0.25) is 4.79 Å². The lowest BCUT2D eigenvalue weighted by Gasteiger charge is -2.56. The summed E-state index contributed by atoms with van der Waals surface area (Å²) in [5.74, 6) is -4.87. The van der Waals surface area contributed by atoms with Crippen LogP contribution in [0.1, 0.15) is 36.5 Å². The average Bonchev–Trinajstić information content (AvgIpc) is 2.58. The quantitative estimate of drug-likeness (QED) is 0.858. The number of nitrogens with zero attached hydrogens (tertiary/aromatic N) is 1. The molecule has 132 valence electrons. The Balaban J connectivity index is 1.70. The summed E-state index contributed by atoms with van der Waals surface area (Å²) in [6.07, 6.45) is 1.26. The fraction of sp³-hybridized carbons (Fsp3) is 0.588. The molecule has 24 heavy (non-hydrogen) atoms. The fourth-order valence-corrected chi connectivity index (χ4v) is 3.80. The predicted octanol–water partition coefficient (Wildman–Crippen LogP) is 2.50. The third-order valence-corrected chi connectivity index (χ3v) is 5.32. The molecule has 4 nitrogen and oxygen atoms in total. The van der Waals surface area contributed by atoms with Gasteiger partial charge in [0.2, 0.25) is 0 Å². The number of carbonyl (C=O) groups is 1. The molecule has 0 bridgehead atoms. The number of ether oxygens (including phenoxy) is 1. The molecule has 1 aromatic carbocycles. The molecule has 1 aromatic rings. The number of rotatable bonds is 3. The lowest BCUT2D eigenvalue weighted by Crippen LogP contribution is -2.62. The lowest BCUT2D eigenvalue weighted by molar-refractivity contribution is -0.207. The third-order valence-electron chi connectivity index (χ3n) is 5.32. The number of carbonyl (C=O) groups excluding carboxylic acids is 1. The Kier molecular flexibility index (Phi) is 4.57. The molecule has 2 aliphatic rings. The first-order valence-electron chi connectivity index (χ1n) is 8.12. The van der Waals surface area contributed by atoms with Crippen LogP contribution in [0.4, 0.5) is 13.2 Å². The van der Waals surface area contributed by atoms with E-state index >= 15 is 0 Å². The minimum Gasteiger partial charge on any atom is -0.392 e. The maximum absolute atomic E-state index is 13.3. The SMILES string of the molecule is CCOC1CC(O)C12CCN(C(=O)c1cc(F)c(F)c(F)c1)CC2. The summed E-state index contributed by atoms with van der Waals surface area (Å²) in [6, 6.07) is 1.43. The van der Waals surface area contributed by atoms with E-state index in [1.807, 2.05) is 6.92 Å². The van der Waals surface area contributed by atoms with Crippen molar-refractivity contribution in [1.82, 2.24) is 4.90 Å². The van der Waals surface area contributed by atoms with Crippen LogP contribution in [0.3, 0.4) is 0 Å². The molecular weight excluding hydrogens is 323 g/mol. The van der Waals surface area contributed by atoms with Crippen LogP contribution < -0.4 is 0 Å². The molecule has 3 rings (SSSR count). The van der Waals surface area contributed by atoms with Crippen molar-refractivity contribution in [3.8, 4) is 0 Å². The molecule has 2 fully saturated rings. The molecule has 2 unspecified atom stereocenters. The van der Waals surface area contributed by atoms with Gasteiger partial charge in [-0.2, -0.15) is 0 Å². The summed E-state index contributed by atoms with van der Waals surface area (Å²) in [6.45, 7) is 3.19. The number of halogens is 3. The Morgan fingerprint density at radius 1 is 1.29 bits per heavy atom. The second kappa shape index (κ2) is 6.37. The maximum atomic E-state index is 13.3. The van der Waals surface area contributed by atoms with E-state index in [1.54, 1.807) is 0 Å². The molecule has 1 saturated carbocycles. The number of benzene rings is 1. The van der Waals surface area contributed by atoms with Gasteiger partial charge in [-0.05, 0) is 31.9 Å². The van der Waals surface area contributed by atoms with Gasteiger partial charge in [0.05, 0.1) is 12.2 Å². The molecule has 1 aliphatic heterocycles. The van der Waals surface area contributed by atoms with Crippen molar-refractivity contribution in [3.63, 3.8) is 0 Å². The van der Waals surface area contributed by atoms with Crippen molar-refractivity contribution in [2.75, 3.05) is 19.7 Å². The minimum absolute atomic E-state index is 0.0181. The highest BCUT2D eigenvalue weighted by atomic mass is 19.2. The first-order valence-corrected chi connectivity index (χ1v) is 8.12. The van der Waals surface area contributed by atoms with E-state index in [9.17, 15) is 23.1 Å². The van der Waals surface area contributed by atoms with Gasteiger partial charge in [-0.1, -0.05) is 0 Å². The number of piperidine rings is 1. The van der Waals surface area contributed by atoms with Crippen LogP contribution >= 0.6 is 0 Å². The van der Waals surface area contributed by atoms with E-state index in [0.29, 0.717) is 51.1 Å². The van der Waals surface area contributed by atoms with Crippen LogP contribution in [0, 0.1) is 22.9 Å². The van der Waals surface area contributed by atoms with Gasteiger partial charge in [0.1, 0.15) is 0 Å². The second-order valence-corrected chi connectivity index (χ2v) is 6.47. The van der Waals surface area contributed by atoms with Gasteiger partial charge in [0.15, 0.2) is 17.5 Å². The maximum Gasteiger partial charge on any atom is 0.254 e. The number of amides is 1. The van der Waals surface area contributed by atoms with Gasteiger partial charge in [-0.15, -0.1) is 0 Å². The molecule has 2 atom stereocenters. The van der Waals surface area contributed by atoms with Crippen molar-refractivity contribution in [3.05, 3.63) is 35.1 Å². The Labute approximate surface area is 138 Å². The lowest BCUT2D eigenvalue weighted by atomic mass is 9.58. The van der Waals surface area contributed by atoms with Gasteiger partial charge in [-0.25, -0.2) is 13.2 Å². The van der Waals surface area contributed by atoms with Crippen molar-refractivity contribution in [2.24, 2.45) is 5.41 Å². The van der Waals surface area contributed by atoms with Crippen LogP contribution in [-0.2, 0) is 4.74 Å². The van der Waals surface area contributed by atoms with E-state index in [0.717, 1.165) is 0 Å². The first-order chi connectivity index (χ1) is 11.4. The fourth-order valence-electron chi connectivity index (χ4n) is 3.80. The normalized spacial score (nSPS) is 25.6. The second-order valence-electron chi connectivity index (χ2n) is 6.47. The van der Waals surface area contributed by atoms with Crippen molar-refractivity contribution in [2.45, 2.75) is 38.4 Å².